The van der Waals surface area contributed by atoms with Gasteiger partial charge in [0.15, 0.2) is 5.65 Å². The standard InChI is InChI=1S/C32H38N6O3/c1-3-37-29-15-18-36(21-24-9-13-26(41-2)14-10-24)22-28(29)32(40)38-31(37)27(19-33-38)30(39)34-25-11-7-23(8-12-25)20-35-16-5-4-6-17-35/h7-14,19H,3-6,15-18,20-22H2,1-2H3,(H,34,39). The van der Waals surface area contributed by atoms with Crippen molar-refractivity contribution in [2.24, 2.45) is 0 Å². The fourth-order valence-electron chi connectivity index (χ4n) is 6.20. The van der Waals surface area contributed by atoms with E-state index >= 15 is 0 Å². The SMILES string of the molecule is CCn1c2c(c(=O)n3ncc(C(=O)Nc4ccc(CN5CCCCC5)cc4)c13)CN(Cc1ccc(OC)cc1)CC2. The van der Waals surface area contributed by atoms with Gasteiger partial charge in [0, 0.05) is 50.5 Å². The van der Waals surface area contributed by atoms with Gasteiger partial charge in [0.1, 0.15) is 11.3 Å². The van der Waals surface area contributed by atoms with Crippen LogP contribution in [-0.4, -0.2) is 56.6 Å². The van der Waals surface area contributed by atoms with Crippen LogP contribution in [0.1, 0.15) is 58.9 Å². The van der Waals surface area contributed by atoms with E-state index in [4.69, 9.17) is 4.74 Å². The van der Waals surface area contributed by atoms with E-state index in [0.29, 0.717) is 24.3 Å². The van der Waals surface area contributed by atoms with Gasteiger partial charge in [-0.25, -0.2) is 0 Å². The zero-order valence-electron chi connectivity index (χ0n) is 23.9. The monoisotopic (exact) mass is 554 g/mol. The molecule has 1 fully saturated rings. The number of rotatable bonds is 8. The van der Waals surface area contributed by atoms with E-state index in [2.05, 4.69) is 49.0 Å². The summed E-state index contributed by atoms with van der Waals surface area (Å²) >= 11 is 0. The van der Waals surface area contributed by atoms with Crippen LogP contribution < -0.4 is 15.6 Å². The molecule has 0 bridgehead atoms. The molecule has 0 atom stereocenters. The van der Waals surface area contributed by atoms with E-state index in [9.17, 15) is 9.59 Å². The van der Waals surface area contributed by atoms with E-state index in [1.54, 1.807) is 7.11 Å². The largest absolute Gasteiger partial charge is 0.497 e. The van der Waals surface area contributed by atoms with Gasteiger partial charge < -0.3 is 14.6 Å². The maximum Gasteiger partial charge on any atom is 0.279 e. The Labute approximate surface area is 240 Å². The second-order valence-corrected chi connectivity index (χ2v) is 11.1. The summed E-state index contributed by atoms with van der Waals surface area (Å²) in [5.74, 6) is 0.566. The molecule has 214 valence electrons. The van der Waals surface area contributed by atoms with E-state index < -0.39 is 0 Å². The Morgan fingerprint density at radius 2 is 1.61 bits per heavy atom. The number of hydrogen-bond donors (Lipinski definition) is 1. The van der Waals surface area contributed by atoms with Crippen LogP contribution in [-0.2, 0) is 32.6 Å². The van der Waals surface area contributed by atoms with Crippen molar-refractivity contribution in [3.05, 3.63) is 93.0 Å². The Morgan fingerprint density at radius 3 is 2.29 bits per heavy atom. The fourth-order valence-corrected chi connectivity index (χ4v) is 6.20. The molecule has 0 saturated carbocycles. The molecule has 0 unspecified atom stereocenters. The summed E-state index contributed by atoms with van der Waals surface area (Å²) in [6.07, 6.45) is 6.10. The second kappa shape index (κ2) is 11.9. The third-order valence-corrected chi connectivity index (χ3v) is 8.36. The number of amides is 1. The van der Waals surface area contributed by atoms with Gasteiger partial charge in [0.2, 0.25) is 0 Å². The molecule has 9 nitrogen and oxygen atoms in total. The van der Waals surface area contributed by atoms with Crippen molar-refractivity contribution in [3.8, 4) is 5.75 Å². The number of hydrogen-bond acceptors (Lipinski definition) is 6. The highest BCUT2D eigenvalue weighted by Crippen LogP contribution is 2.24. The number of aromatic nitrogens is 3. The number of methoxy groups -OCH3 is 1. The van der Waals surface area contributed by atoms with Gasteiger partial charge in [-0.15, -0.1) is 0 Å². The minimum Gasteiger partial charge on any atom is -0.497 e. The van der Waals surface area contributed by atoms with Crippen LogP contribution in [0.3, 0.4) is 0 Å². The number of fused-ring (bicyclic) bond motifs is 2. The van der Waals surface area contributed by atoms with Crippen molar-refractivity contribution < 1.29 is 9.53 Å². The Bertz CT molecular complexity index is 1580. The number of anilines is 1. The highest BCUT2D eigenvalue weighted by molar-refractivity contribution is 6.08. The lowest BCUT2D eigenvalue weighted by atomic mass is 10.0. The summed E-state index contributed by atoms with van der Waals surface area (Å²) in [5.41, 5.74) is 5.70. The Balaban J connectivity index is 1.21. The third kappa shape index (κ3) is 5.64. The number of carbonyl (C=O) groups excluding carboxylic acids is 1. The molecule has 6 rings (SSSR count). The zero-order chi connectivity index (χ0) is 28.3. The average molecular weight is 555 g/mol. The molecule has 2 aromatic heterocycles. The highest BCUT2D eigenvalue weighted by atomic mass is 16.5. The first-order valence-electron chi connectivity index (χ1n) is 14.6. The topological polar surface area (TPSA) is 84.1 Å². The predicted molar refractivity (Wildman–Crippen MR) is 159 cm³/mol. The molecule has 2 aliphatic rings. The number of aryl methyl sites for hydroxylation is 1. The number of carbonyl (C=O) groups is 1. The molecule has 1 amide bonds. The summed E-state index contributed by atoms with van der Waals surface area (Å²) in [6, 6.07) is 16.1. The summed E-state index contributed by atoms with van der Waals surface area (Å²) in [6.45, 7) is 8.04. The summed E-state index contributed by atoms with van der Waals surface area (Å²) < 4.78 is 8.76. The number of ether oxygens (including phenoxy) is 1. The van der Waals surface area contributed by atoms with E-state index in [0.717, 1.165) is 61.8 Å². The summed E-state index contributed by atoms with van der Waals surface area (Å²) in [4.78, 5) is 31.8. The minimum absolute atomic E-state index is 0.153. The third-order valence-electron chi connectivity index (χ3n) is 8.36. The molecule has 2 aliphatic heterocycles. The maximum atomic E-state index is 13.6. The van der Waals surface area contributed by atoms with Crippen molar-refractivity contribution >= 4 is 17.2 Å². The lowest BCUT2D eigenvalue weighted by Gasteiger charge is -2.30. The van der Waals surface area contributed by atoms with Gasteiger partial charge in [0.25, 0.3) is 11.5 Å². The fraction of sp³-hybridized carbons (Fsp3) is 0.406. The first-order chi connectivity index (χ1) is 20.0. The first kappa shape index (κ1) is 27.2. The normalized spacial score (nSPS) is 16.0. The van der Waals surface area contributed by atoms with Crippen LogP contribution >= 0.6 is 0 Å². The maximum absolute atomic E-state index is 13.6. The van der Waals surface area contributed by atoms with Crippen LogP contribution in [0.25, 0.3) is 5.65 Å². The molecule has 4 heterocycles. The summed E-state index contributed by atoms with van der Waals surface area (Å²) in [7, 11) is 1.66. The quantitative estimate of drug-likeness (QED) is 0.349. The van der Waals surface area contributed by atoms with Gasteiger partial charge in [-0.3, -0.25) is 19.4 Å². The summed E-state index contributed by atoms with van der Waals surface area (Å²) in [5, 5.41) is 7.41. The van der Waals surface area contributed by atoms with Crippen molar-refractivity contribution in [2.45, 2.75) is 58.8 Å². The number of nitrogens with one attached hydrogen (secondary N) is 1. The molecule has 0 spiro atoms. The predicted octanol–water partition coefficient (Wildman–Crippen LogP) is 4.32. The number of likely N-dealkylation sites (tertiary alicyclic amines) is 1. The van der Waals surface area contributed by atoms with Crippen molar-refractivity contribution in [1.82, 2.24) is 24.0 Å². The van der Waals surface area contributed by atoms with Gasteiger partial charge in [-0.05, 0) is 68.2 Å². The lowest BCUT2D eigenvalue weighted by molar-refractivity contribution is 0.102. The van der Waals surface area contributed by atoms with Crippen molar-refractivity contribution in [2.75, 3.05) is 32.1 Å². The van der Waals surface area contributed by atoms with Crippen LogP contribution in [0.4, 0.5) is 5.69 Å². The van der Waals surface area contributed by atoms with E-state index in [-0.39, 0.29) is 11.5 Å². The number of piperidine rings is 1. The van der Waals surface area contributed by atoms with E-state index in [1.165, 1.54) is 41.1 Å². The van der Waals surface area contributed by atoms with Crippen LogP contribution in [0.2, 0.25) is 0 Å². The second-order valence-electron chi connectivity index (χ2n) is 11.1. The number of nitrogens with zero attached hydrogens (tertiary/aromatic N) is 5. The van der Waals surface area contributed by atoms with Gasteiger partial charge >= 0.3 is 0 Å². The molecule has 1 saturated heterocycles. The zero-order valence-corrected chi connectivity index (χ0v) is 23.9. The number of benzene rings is 2. The Hall–Kier alpha value is -3.95. The average Bonchev–Trinajstić information content (AvgIpc) is 3.45. The Morgan fingerprint density at radius 1 is 0.927 bits per heavy atom. The first-order valence-corrected chi connectivity index (χ1v) is 14.6. The van der Waals surface area contributed by atoms with Crippen LogP contribution in [0.15, 0.2) is 59.5 Å². The molecule has 0 radical (unpaired) electrons. The van der Waals surface area contributed by atoms with Gasteiger partial charge in [-0.2, -0.15) is 9.61 Å². The minimum atomic E-state index is -0.262. The molecule has 41 heavy (non-hydrogen) atoms. The van der Waals surface area contributed by atoms with Crippen LogP contribution in [0.5, 0.6) is 5.75 Å². The molecule has 0 aliphatic carbocycles. The van der Waals surface area contributed by atoms with Gasteiger partial charge in [0.05, 0.1) is 18.9 Å². The smallest absolute Gasteiger partial charge is 0.279 e. The lowest BCUT2D eigenvalue weighted by Crippen LogP contribution is -2.38. The molecule has 9 heteroatoms. The molecule has 2 aromatic carbocycles. The molecular weight excluding hydrogens is 516 g/mol. The highest BCUT2D eigenvalue weighted by Gasteiger charge is 2.27. The van der Waals surface area contributed by atoms with Crippen molar-refractivity contribution in [3.63, 3.8) is 0 Å². The molecule has 1 N–H and O–H groups in total. The molecule has 4 aromatic rings. The van der Waals surface area contributed by atoms with Gasteiger partial charge in [-0.1, -0.05) is 30.7 Å². The van der Waals surface area contributed by atoms with E-state index in [1.807, 2.05) is 31.2 Å². The van der Waals surface area contributed by atoms with Crippen molar-refractivity contribution in [1.29, 1.82) is 0 Å². The molecular formula is C32H38N6O3. The Kier molecular flexibility index (Phi) is 7.89. The van der Waals surface area contributed by atoms with Crippen LogP contribution in [0, 0.1) is 0 Å².